The number of nitrogens with zero attached hydrogens (tertiary/aromatic N) is 3. The minimum absolute atomic E-state index is 0.185. The molecule has 1 unspecified atom stereocenters. The van der Waals surface area contributed by atoms with Crippen LogP contribution in [0.15, 0.2) is 29.4 Å². The van der Waals surface area contributed by atoms with Crippen molar-refractivity contribution in [1.29, 1.82) is 0 Å². The zero-order valence-corrected chi connectivity index (χ0v) is 11.7. The number of para-hydroxylation sites is 1. The standard InChI is InChI=1S/C15H22N4O/c16-15(17-20)13-5-1-2-6-14(13)19-10-7-12(11-19)18-8-3-4-9-18/h1-2,5-6,12,20H,3-4,7-11H2,(H2,16,17). The van der Waals surface area contributed by atoms with Crippen molar-refractivity contribution in [2.75, 3.05) is 31.1 Å². The van der Waals surface area contributed by atoms with Gasteiger partial charge in [0.05, 0.1) is 0 Å². The monoisotopic (exact) mass is 274 g/mol. The fraction of sp³-hybridized carbons (Fsp3) is 0.533. The maximum atomic E-state index is 8.92. The quantitative estimate of drug-likeness (QED) is 0.379. The van der Waals surface area contributed by atoms with Gasteiger partial charge >= 0.3 is 0 Å². The van der Waals surface area contributed by atoms with Crippen molar-refractivity contribution in [2.45, 2.75) is 25.3 Å². The number of nitrogens with two attached hydrogens (primary N) is 1. The molecule has 1 atom stereocenters. The number of rotatable bonds is 3. The van der Waals surface area contributed by atoms with Crippen LogP contribution in [0, 0.1) is 0 Å². The van der Waals surface area contributed by atoms with E-state index in [-0.39, 0.29) is 5.84 Å². The van der Waals surface area contributed by atoms with Crippen molar-refractivity contribution >= 4 is 11.5 Å². The van der Waals surface area contributed by atoms with E-state index in [0.717, 1.165) is 24.3 Å². The van der Waals surface area contributed by atoms with Crippen molar-refractivity contribution < 1.29 is 5.21 Å². The molecule has 0 aromatic heterocycles. The lowest BCUT2D eigenvalue weighted by molar-refractivity contribution is 0.260. The lowest BCUT2D eigenvalue weighted by Gasteiger charge is -2.25. The molecule has 1 aromatic rings. The lowest BCUT2D eigenvalue weighted by Crippen LogP contribution is -2.35. The molecule has 2 saturated heterocycles. The normalized spacial score (nSPS) is 24.5. The summed E-state index contributed by atoms with van der Waals surface area (Å²) in [6.45, 7) is 4.55. The second kappa shape index (κ2) is 5.71. The predicted octanol–water partition coefficient (Wildman–Crippen LogP) is 1.46. The SMILES string of the molecule is NC(=NO)c1ccccc1N1CCC(N2CCCC2)C1. The van der Waals surface area contributed by atoms with Gasteiger partial charge in [-0.15, -0.1) is 0 Å². The van der Waals surface area contributed by atoms with Gasteiger partial charge in [-0.2, -0.15) is 0 Å². The minimum Gasteiger partial charge on any atom is -0.409 e. The van der Waals surface area contributed by atoms with Gasteiger partial charge in [-0.3, -0.25) is 4.90 Å². The number of benzene rings is 1. The molecule has 108 valence electrons. The molecule has 2 heterocycles. The Kier molecular flexibility index (Phi) is 3.78. The number of amidine groups is 1. The molecule has 2 fully saturated rings. The summed E-state index contributed by atoms with van der Waals surface area (Å²) in [5, 5.41) is 12.1. The van der Waals surface area contributed by atoms with Gasteiger partial charge in [0.25, 0.3) is 0 Å². The van der Waals surface area contributed by atoms with E-state index >= 15 is 0 Å². The number of likely N-dealkylation sites (tertiary alicyclic amines) is 1. The Morgan fingerprint density at radius 2 is 1.95 bits per heavy atom. The molecule has 2 aliphatic rings. The molecule has 2 aliphatic heterocycles. The molecular weight excluding hydrogens is 252 g/mol. The summed E-state index contributed by atoms with van der Waals surface area (Å²) in [6.07, 6.45) is 3.86. The van der Waals surface area contributed by atoms with Gasteiger partial charge in [-0.05, 0) is 44.5 Å². The summed E-state index contributed by atoms with van der Waals surface area (Å²) < 4.78 is 0. The van der Waals surface area contributed by atoms with Crippen LogP contribution in [0.4, 0.5) is 5.69 Å². The maximum absolute atomic E-state index is 8.92. The lowest BCUT2D eigenvalue weighted by atomic mass is 10.1. The van der Waals surface area contributed by atoms with Crippen molar-refractivity contribution in [3.8, 4) is 0 Å². The van der Waals surface area contributed by atoms with Gasteiger partial charge in [0.1, 0.15) is 0 Å². The van der Waals surface area contributed by atoms with Crippen molar-refractivity contribution in [3.05, 3.63) is 29.8 Å². The second-order valence-electron chi connectivity index (χ2n) is 5.63. The number of oxime groups is 1. The molecule has 0 radical (unpaired) electrons. The zero-order valence-electron chi connectivity index (χ0n) is 11.7. The Morgan fingerprint density at radius 3 is 2.70 bits per heavy atom. The van der Waals surface area contributed by atoms with E-state index in [1.54, 1.807) is 0 Å². The van der Waals surface area contributed by atoms with Crippen LogP contribution < -0.4 is 10.6 Å². The topological polar surface area (TPSA) is 65.1 Å². The Hall–Kier alpha value is -1.75. The van der Waals surface area contributed by atoms with Crippen LogP contribution in [0.3, 0.4) is 0 Å². The van der Waals surface area contributed by atoms with Crippen LogP contribution >= 0.6 is 0 Å². The van der Waals surface area contributed by atoms with E-state index in [1.807, 2.05) is 18.2 Å². The van der Waals surface area contributed by atoms with Crippen molar-refractivity contribution in [1.82, 2.24) is 4.90 Å². The Balaban J connectivity index is 1.77. The average molecular weight is 274 g/mol. The van der Waals surface area contributed by atoms with Crippen LogP contribution in [0.5, 0.6) is 0 Å². The Bertz CT molecular complexity index is 496. The van der Waals surface area contributed by atoms with Crippen LogP contribution in [0.25, 0.3) is 0 Å². The van der Waals surface area contributed by atoms with E-state index in [0.29, 0.717) is 6.04 Å². The molecule has 0 aliphatic carbocycles. The predicted molar refractivity (Wildman–Crippen MR) is 80.4 cm³/mol. The minimum atomic E-state index is 0.185. The third-order valence-electron chi connectivity index (χ3n) is 4.45. The van der Waals surface area contributed by atoms with Gasteiger partial charge < -0.3 is 15.8 Å². The second-order valence-corrected chi connectivity index (χ2v) is 5.63. The van der Waals surface area contributed by atoms with E-state index in [4.69, 9.17) is 10.9 Å². The third-order valence-corrected chi connectivity index (χ3v) is 4.45. The summed E-state index contributed by atoms with van der Waals surface area (Å²) in [5.41, 5.74) is 7.67. The first-order chi connectivity index (χ1) is 9.79. The molecule has 3 rings (SSSR count). The van der Waals surface area contributed by atoms with Crippen LogP contribution in [0.1, 0.15) is 24.8 Å². The molecule has 5 heteroatoms. The average Bonchev–Trinajstić information content (AvgIpc) is 3.17. The summed E-state index contributed by atoms with van der Waals surface area (Å²) >= 11 is 0. The summed E-state index contributed by atoms with van der Waals surface area (Å²) in [6, 6.07) is 8.54. The highest BCUT2D eigenvalue weighted by Crippen LogP contribution is 2.27. The van der Waals surface area contributed by atoms with E-state index in [9.17, 15) is 0 Å². The van der Waals surface area contributed by atoms with Gasteiger partial charge in [0.2, 0.25) is 0 Å². The van der Waals surface area contributed by atoms with Gasteiger partial charge in [-0.1, -0.05) is 17.3 Å². The highest BCUT2D eigenvalue weighted by molar-refractivity contribution is 6.02. The van der Waals surface area contributed by atoms with E-state index in [2.05, 4.69) is 21.0 Å². The highest BCUT2D eigenvalue weighted by Gasteiger charge is 2.30. The maximum Gasteiger partial charge on any atom is 0.172 e. The Labute approximate surface area is 119 Å². The zero-order chi connectivity index (χ0) is 13.9. The molecule has 0 amide bonds. The third kappa shape index (κ3) is 2.45. The summed E-state index contributed by atoms with van der Waals surface area (Å²) in [4.78, 5) is 4.96. The van der Waals surface area contributed by atoms with E-state index in [1.165, 1.54) is 32.4 Å². The van der Waals surface area contributed by atoms with Gasteiger partial charge in [0, 0.05) is 30.4 Å². The summed E-state index contributed by atoms with van der Waals surface area (Å²) in [5.74, 6) is 0.185. The molecule has 5 nitrogen and oxygen atoms in total. The number of hydrogen-bond donors (Lipinski definition) is 2. The van der Waals surface area contributed by atoms with Crippen LogP contribution in [0.2, 0.25) is 0 Å². The van der Waals surface area contributed by atoms with Crippen molar-refractivity contribution in [2.24, 2.45) is 10.9 Å². The summed E-state index contributed by atoms with van der Waals surface area (Å²) in [7, 11) is 0. The highest BCUT2D eigenvalue weighted by atomic mass is 16.4. The Morgan fingerprint density at radius 1 is 1.20 bits per heavy atom. The molecule has 1 aromatic carbocycles. The van der Waals surface area contributed by atoms with Crippen LogP contribution in [-0.2, 0) is 0 Å². The molecule has 0 saturated carbocycles. The first kappa shape index (κ1) is 13.2. The molecule has 0 spiro atoms. The molecule has 3 N–H and O–H groups in total. The largest absolute Gasteiger partial charge is 0.409 e. The molecular formula is C15H22N4O. The molecule has 20 heavy (non-hydrogen) atoms. The number of anilines is 1. The smallest absolute Gasteiger partial charge is 0.172 e. The van der Waals surface area contributed by atoms with Crippen molar-refractivity contribution in [3.63, 3.8) is 0 Å². The van der Waals surface area contributed by atoms with E-state index < -0.39 is 0 Å². The van der Waals surface area contributed by atoms with Gasteiger partial charge in [-0.25, -0.2) is 0 Å². The van der Waals surface area contributed by atoms with Gasteiger partial charge in [0.15, 0.2) is 5.84 Å². The first-order valence-electron chi connectivity index (χ1n) is 7.35. The van der Waals surface area contributed by atoms with Crippen LogP contribution in [-0.4, -0.2) is 48.2 Å². The fourth-order valence-electron chi connectivity index (χ4n) is 3.39. The molecule has 0 bridgehead atoms. The first-order valence-corrected chi connectivity index (χ1v) is 7.35. The number of hydrogen-bond acceptors (Lipinski definition) is 4. The fourth-order valence-corrected chi connectivity index (χ4v) is 3.39.